The number of carbonyl (C=O) groups excluding carboxylic acids is 4. The van der Waals surface area contributed by atoms with Crippen molar-refractivity contribution in [1.29, 1.82) is 0 Å². The highest BCUT2D eigenvalue weighted by atomic mass is 16.4. The highest BCUT2D eigenvalue weighted by Crippen LogP contribution is 2.21. The molecule has 0 saturated carbocycles. The predicted molar refractivity (Wildman–Crippen MR) is 165 cm³/mol. The minimum Gasteiger partial charge on any atom is -0.480 e. The molecule has 0 aliphatic carbocycles. The highest BCUT2D eigenvalue weighted by molar-refractivity contribution is 5.95. The lowest BCUT2D eigenvalue weighted by Crippen LogP contribution is -2.58. The Kier molecular flexibility index (Phi) is 14.1. The Morgan fingerprint density at radius 1 is 0.814 bits per heavy atom. The Bertz CT molecular complexity index is 1090. The van der Waals surface area contributed by atoms with Crippen LogP contribution in [0.4, 0.5) is 0 Å². The Balaban J connectivity index is 2.24. The first kappa shape index (κ1) is 35.7. The van der Waals surface area contributed by atoms with E-state index in [0.717, 1.165) is 5.56 Å². The molecule has 1 fully saturated rings. The van der Waals surface area contributed by atoms with E-state index in [9.17, 15) is 29.1 Å². The van der Waals surface area contributed by atoms with E-state index in [1.807, 2.05) is 71.9 Å². The molecule has 1 saturated heterocycles. The van der Waals surface area contributed by atoms with Gasteiger partial charge >= 0.3 is 5.97 Å². The molecule has 1 aromatic carbocycles. The van der Waals surface area contributed by atoms with Crippen molar-refractivity contribution in [1.82, 2.24) is 20.9 Å². The summed E-state index contributed by atoms with van der Waals surface area (Å²) in [5, 5.41) is 17.9. The van der Waals surface area contributed by atoms with Crippen molar-refractivity contribution in [3.8, 4) is 0 Å². The molecular weight excluding hydrogens is 550 g/mol. The smallest absolute Gasteiger partial charge is 0.326 e. The van der Waals surface area contributed by atoms with Crippen LogP contribution in [0.3, 0.4) is 0 Å². The topological polar surface area (TPSA) is 171 Å². The number of nitrogens with zero attached hydrogens (tertiary/aromatic N) is 1. The third kappa shape index (κ3) is 11.6. The van der Waals surface area contributed by atoms with Crippen molar-refractivity contribution in [2.24, 2.45) is 23.5 Å². The number of rotatable bonds is 16. The number of carboxylic acid groups (broad SMARTS) is 1. The molecule has 0 aromatic heterocycles. The Morgan fingerprint density at radius 2 is 1.37 bits per heavy atom. The number of carbonyl (C=O) groups is 5. The maximum atomic E-state index is 13.8. The summed E-state index contributed by atoms with van der Waals surface area (Å²) in [6.45, 7) is 11.9. The average Bonchev–Trinajstić information content (AvgIpc) is 3.41. The zero-order chi connectivity index (χ0) is 32.3. The van der Waals surface area contributed by atoms with Crippen LogP contribution >= 0.6 is 0 Å². The highest BCUT2D eigenvalue weighted by Gasteiger charge is 2.39. The van der Waals surface area contributed by atoms with Crippen LogP contribution in [0, 0.1) is 17.8 Å². The van der Waals surface area contributed by atoms with E-state index in [2.05, 4.69) is 16.0 Å². The van der Waals surface area contributed by atoms with Crippen molar-refractivity contribution in [3.05, 3.63) is 35.9 Å². The van der Waals surface area contributed by atoms with Crippen LogP contribution in [0.5, 0.6) is 0 Å². The quantitative estimate of drug-likeness (QED) is 0.193. The molecule has 1 aromatic rings. The van der Waals surface area contributed by atoms with Gasteiger partial charge in [0.25, 0.3) is 0 Å². The first-order valence-corrected chi connectivity index (χ1v) is 15.4. The fourth-order valence-electron chi connectivity index (χ4n) is 5.38. The molecular formula is C32H51N5O6. The summed E-state index contributed by atoms with van der Waals surface area (Å²) in [5.74, 6) is -2.67. The zero-order valence-corrected chi connectivity index (χ0v) is 26.5. The van der Waals surface area contributed by atoms with E-state index in [1.54, 1.807) is 0 Å². The number of carboxylic acids is 1. The SMILES string of the molecule is CC(C)C[C@H](NC(=O)[C@H](Cc1ccccc1)NC(=O)[C@@H]1CCCN1C(=O)[C@H](CC(C)C)NC(=O)[C@@H](N)CC(C)C)C(=O)O. The fraction of sp³-hybridized carbons (Fsp3) is 0.656. The van der Waals surface area contributed by atoms with Crippen LogP contribution in [-0.2, 0) is 30.4 Å². The summed E-state index contributed by atoms with van der Waals surface area (Å²) in [6, 6.07) is 4.55. The standard InChI is InChI=1S/C32H51N5O6/c1-19(2)15-23(33)28(38)35-25(16-20(3)4)31(41)37-14-10-13-27(37)30(40)34-24(18-22-11-8-7-9-12-22)29(39)36-26(32(42)43)17-21(5)6/h7-9,11-12,19-21,23-27H,10,13-18,33H2,1-6H3,(H,34,40)(H,35,38)(H,36,39)(H,42,43)/t23-,24-,25-,26-,27-/m0/s1. The van der Waals surface area contributed by atoms with Crippen molar-refractivity contribution in [2.75, 3.05) is 6.54 Å². The van der Waals surface area contributed by atoms with Crippen LogP contribution in [0.25, 0.3) is 0 Å². The Morgan fingerprint density at radius 3 is 1.93 bits per heavy atom. The summed E-state index contributed by atoms with van der Waals surface area (Å²) in [7, 11) is 0. The summed E-state index contributed by atoms with van der Waals surface area (Å²) >= 11 is 0. The molecule has 11 nitrogen and oxygen atoms in total. The molecule has 0 unspecified atom stereocenters. The third-order valence-electron chi connectivity index (χ3n) is 7.46. The summed E-state index contributed by atoms with van der Waals surface area (Å²) < 4.78 is 0. The summed E-state index contributed by atoms with van der Waals surface area (Å²) in [5.41, 5.74) is 6.86. The van der Waals surface area contributed by atoms with Crippen LogP contribution in [0.2, 0.25) is 0 Å². The second-order valence-electron chi connectivity index (χ2n) is 12.9. The Hall–Kier alpha value is -3.47. The van der Waals surface area contributed by atoms with Gasteiger partial charge in [0.05, 0.1) is 6.04 Å². The maximum absolute atomic E-state index is 13.8. The molecule has 1 heterocycles. The van der Waals surface area contributed by atoms with Gasteiger partial charge in [0.2, 0.25) is 23.6 Å². The molecule has 0 radical (unpaired) electrons. The van der Waals surface area contributed by atoms with Crippen LogP contribution < -0.4 is 21.7 Å². The molecule has 0 bridgehead atoms. The van der Waals surface area contributed by atoms with Gasteiger partial charge in [0.1, 0.15) is 24.2 Å². The van der Waals surface area contributed by atoms with E-state index in [0.29, 0.717) is 32.2 Å². The maximum Gasteiger partial charge on any atom is 0.326 e. The molecule has 1 aliphatic heterocycles. The second kappa shape index (κ2) is 17.0. The first-order chi connectivity index (χ1) is 20.2. The minimum atomic E-state index is -1.15. The molecule has 2 rings (SSSR count). The molecule has 5 atom stereocenters. The fourth-order valence-corrected chi connectivity index (χ4v) is 5.38. The van der Waals surface area contributed by atoms with Gasteiger partial charge in [-0.2, -0.15) is 0 Å². The van der Waals surface area contributed by atoms with Gasteiger partial charge in [-0.05, 0) is 55.4 Å². The summed E-state index contributed by atoms with van der Waals surface area (Å²) in [6.07, 6.45) is 2.24. The molecule has 11 heteroatoms. The number of benzene rings is 1. The van der Waals surface area contributed by atoms with Gasteiger partial charge in [0.15, 0.2) is 0 Å². The van der Waals surface area contributed by atoms with Crippen molar-refractivity contribution >= 4 is 29.6 Å². The minimum absolute atomic E-state index is 0.0285. The van der Waals surface area contributed by atoms with Crippen molar-refractivity contribution < 1.29 is 29.1 Å². The Labute approximate surface area is 255 Å². The van der Waals surface area contributed by atoms with Gasteiger partial charge in [-0.15, -0.1) is 0 Å². The average molecular weight is 602 g/mol. The lowest BCUT2D eigenvalue weighted by molar-refractivity contribution is -0.144. The zero-order valence-electron chi connectivity index (χ0n) is 26.5. The van der Waals surface area contributed by atoms with Crippen LogP contribution in [0.15, 0.2) is 30.3 Å². The number of amides is 4. The van der Waals surface area contributed by atoms with Gasteiger partial charge in [0, 0.05) is 13.0 Å². The van der Waals surface area contributed by atoms with Gasteiger partial charge in [-0.1, -0.05) is 71.9 Å². The molecule has 240 valence electrons. The van der Waals surface area contributed by atoms with E-state index < -0.39 is 53.9 Å². The van der Waals surface area contributed by atoms with E-state index in [4.69, 9.17) is 5.73 Å². The van der Waals surface area contributed by atoms with E-state index in [1.165, 1.54) is 4.90 Å². The number of nitrogens with two attached hydrogens (primary N) is 1. The molecule has 4 amide bonds. The van der Waals surface area contributed by atoms with E-state index in [-0.39, 0.29) is 36.5 Å². The second-order valence-corrected chi connectivity index (χ2v) is 12.9. The monoisotopic (exact) mass is 601 g/mol. The van der Waals surface area contributed by atoms with Gasteiger partial charge in [-0.25, -0.2) is 4.79 Å². The lowest BCUT2D eigenvalue weighted by atomic mass is 9.99. The number of likely N-dealkylation sites (tertiary alicyclic amines) is 1. The molecule has 43 heavy (non-hydrogen) atoms. The largest absolute Gasteiger partial charge is 0.480 e. The van der Waals surface area contributed by atoms with Gasteiger partial charge in [-0.3, -0.25) is 19.2 Å². The van der Waals surface area contributed by atoms with Gasteiger partial charge < -0.3 is 31.7 Å². The number of hydrogen-bond acceptors (Lipinski definition) is 6. The normalized spacial score (nSPS) is 17.8. The third-order valence-corrected chi connectivity index (χ3v) is 7.46. The van der Waals surface area contributed by atoms with Crippen LogP contribution in [-0.4, -0.2) is 76.4 Å². The number of nitrogens with one attached hydrogen (secondary N) is 3. The van der Waals surface area contributed by atoms with Crippen molar-refractivity contribution in [3.63, 3.8) is 0 Å². The molecule has 1 aliphatic rings. The van der Waals surface area contributed by atoms with Crippen molar-refractivity contribution in [2.45, 2.75) is 110 Å². The number of hydrogen-bond donors (Lipinski definition) is 5. The van der Waals surface area contributed by atoms with E-state index >= 15 is 0 Å². The first-order valence-electron chi connectivity index (χ1n) is 15.4. The number of aliphatic carboxylic acids is 1. The summed E-state index contributed by atoms with van der Waals surface area (Å²) in [4.78, 5) is 66.9. The van der Waals surface area contributed by atoms with Crippen LogP contribution in [0.1, 0.15) is 79.2 Å². The predicted octanol–water partition coefficient (Wildman–Crippen LogP) is 2.22. The lowest BCUT2D eigenvalue weighted by Gasteiger charge is -2.31. The molecule has 0 spiro atoms. The molecule has 6 N–H and O–H groups in total.